The molecule has 0 bridgehead atoms. The van der Waals surface area contributed by atoms with Gasteiger partial charge in [0.1, 0.15) is 5.82 Å². The van der Waals surface area contributed by atoms with Crippen LogP contribution in [0.5, 0.6) is 0 Å². The van der Waals surface area contributed by atoms with Crippen LogP contribution in [0.4, 0.5) is 4.39 Å². The van der Waals surface area contributed by atoms with Crippen LogP contribution in [0.15, 0.2) is 18.2 Å². The molecule has 22 heavy (non-hydrogen) atoms. The number of carbonyl (C=O) groups is 1. The van der Waals surface area contributed by atoms with E-state index in [4.69, 9.17) is 11.6 Å². The van der Waals surface area contributed by atoms with E-state index < -0.39 is 5.82 Å². The van der Waals surface area contributed by atoms with Gasteiger partial charge in [0.2, 0.25) is 0 Å². The molecule has 1 aliphatic rings. The fourth-order valence-electron chi connectivity index (χ4n) is 2.50. The SMILES string of the molecule is CN1CCN(CCCCNC(=O)c2ccc(Cl)cc2F)CC1. The quantitative estimate of drug-likeness (QED) is 0.814. The Balaban J connectivity index is 1.63. The molecule has 0 spiro atoms. The molecule has 1 aliphatic heterocycles. The smallest absolute Gasteiger partial charge is 0.254 e. The number of rotatable bonds is 6. The third-order valence-electron chi connectivity index (χ3n) is 3.96. The lowest BCUT2D eigenvalue weighted by atomic mass is 10.2. The third kappa shape index (κ3) is 5.23. The second-order valence-corrected chi connectivity index (χ2v) is 6.17. The van der Waals surface area contributed by atoms with Crippen LogP contribution < -0.4 is 5.32 Å². The number of halogens is 2. The average Bonchev–Trinajstić information content (AvgIpc) is 2.48. The van der Waals surface area contributed by atoms with Crippen molar-refractivity contribution in [3.63, 3.8) is 0 Å². The van der Waals surface area contributed by atoms with Gasteiger partial charge in [-0.1, -0.05) is 11.6 Å². The van der Waals surface area contributed by atoms with Crippen LogP contribution in [0.25, 0.3) is 0 Å². The third-order valence-corrected chi connectivity index (χ3v) is 4.19. The van der Waals surface area contributed by atoms with Gasteiger partial charge in [-0.2, -0.15) is 0 Å². The number of nitrogens with zero attached hydrogens (tertiary/aromatic N) is 2. The summed E-state index contributed by atoms with van der Waals surface area (Å²) in [6.45, 7) is 6.07. The van der Waals surface area contributed by atoms with Crippen molar-refractivity contribution < 1.29 is 9.18 Å². The van der Waals surface area contributed by atoms with Crippen molar-refractivity contribution in [2.75, 3.05) is 46.3 Å². The second kappa shape index (κ2) is 8.46. The summed E-state index contributed by atoms with van der Waals surface area (Å²) in [6, 6.07) is 4.09. The molecule has 1 amide bonds. The van der Waals surface area contributed by atoms with Crippen molar-refractivity contribution in [2.24, 2.45) is 0 Å². The van der Waals surface area contributed by atoms with Crippen molar-refractivity contribution in [1.82, 2.24) is 15.1 Å². The molecule has 0 saturated carbocycles. The first-order valence-corrected chi connectivity index (χ1v) is 8.08. The number of nitrogens with one attached hydrogen (secondary N) is 1. The van der Waals surface area contributed by atoms with Gasteiger partial charge < -0.3 is 15.1 Å². The number of hydrogen-bond acceptors (Lipinski definition) is 3. The summed E-state index contributed by atoms with van der Waals surface area (Å²) in [7, 11) is 2.14. The molecule has 0 atom stereocenters. The van der Waals surface area contributed by atoms with Gasteiger partial charge in [-0.05, 0) is 44.6 Å². The first kappa shape index (κ1) is 17.2. The van der Waals surface area contributed by atoms with Crippen LogP contribution in [-0.4, -0.2) is 62.0 Å². The van der Waals surface area contributed by atoms with E-state index in [0.29, 0.717) is 11.6 Å². The van der Waals surface area contributed by atoms with E-state index in [1.54, 1.807) is 0 Å². The predicted octanol–water partition coefficient (Wildman–Crippen LogP) is 2.24. The fraction of sp³-hybridized carbons (Fsp3) is 0.562. The standard InChI is InChI=1S/C16H23ClFN3O/c1-20-8-10-21(11-9-20)7-3-2-6-19-16(22)14-5-4-13(17)12-15(14)18/h4-5,12H,2-3,6-11H2,1H3,(H,19,22). The number of unbranched alkanes of at least 4 members (excludes halogenated alkanes) is 1. The van der Waals surface area contributed by atoms with Gasteiger partial charge in [0.25, 0.3) is 5.91 Å². The highest BCUT2D eigenvalue weighted by Gasteiger charge is 2.13. The molecular formula is C16H23ClFN3O. The van der Waals surface area contributed by atoms with E-state index >= 15 is 0 Å². The van der Waals surface area contributed by atoms with Gasteiger partial charge in [0.15, 0.2) is 0 Å². The van der Waals surface area contributed by atoms with Crippen LogP contribution in [0.2, 0.25) is 5.02 Å². The predicted molar refractivity (Wildman–Crippen MR) is 86.9 cm³/mol. The number of amides is 1. The highest BCUT2D eigenvalue weighted by Crippen LogP contribution is 2.14. The van der Waals surface area contributed by atoms with Gasteiger partial charge in [0.05, 0.1) is 5.56 Å². The Morgan fingerprint density at radius 2 is 2.00 bits per heavy atom. The van der Waals surface area contributed by atoms with E-state index in [9.17, 15) is 9.18 Å². The summed E-state index contributed by atoms with van der Waals surface area (Å²) in [5, 5.41) is 3.05. The number of piperazine rings is 1. The van der Waals surface area contributed by atoms with E-state index in [1.165, 1.54) is 12.1 Å². The molecule has 1 fully saturated rings. The van der Waals surface area contributed by atoms with Crippen molar-refractivity contribution in [3.05, 3.63) is 34.6 Å². The molecule has 1 aromatic carbocycles. The van der Waals surface area contributed by atoms with Gasteiger partial charge in [-0.15, -0.1) is 0 Å². The zero-order valence-corrected chi connectivity index (χ0v) is 13.7. The van der Waals surface area contributed by atoms with E-state index in [-0.39, 0.29) is 11.5 Å². The van der Waals surface area contributed by atoms with E-state index in [1.807, 2.05) is 0 Å². The minimum atomic E-state index is -0.581. The maximum absolute atomic E-state index is 13.6. The Labute approximate surface area is 136 Å². The summed E-state index contributed by atoms with van der Waals surface area (Å²) in [4.78, 5) is 16.6. The Morgan fingerprint density at radius 3 is 2.68 bits per heavy atom. The summed E-state index contributed by atoms with van der Waals surface area (Å²) in [5.41, 5.74) is 0.0449. The number of likely N-dealkylation sites (N-methyl/N-ethyl adjacent to an activating group) is 1. The lowest BCUT2D eigenvalue weighted by Gasteiger charge is -2.32. The molecular weight excluding hydrogens is 305 g/mol. The first-order valence-electron chi connectivity index (χ1n) is 7.70. The molecule has 0 aliphatic carbocycles. The Hall–Kier alpha value is -1.17. The topological polar surface area (TPSA) is 35.6 Å². The number of carbonyl (C=O) groups excluding carboxylic acids is 1. The van der Waals surface area contributed by atoms with E-state index in [0.717, 1.165) is 51.6 Å². The molecule has 0 radical (unpaired) electrons. The molecule has 4 nitrogen and oxygen atoms in total. The van der Waals surface area contributed by atoms with Crippen LogP contribution in [0.1, 0.15) is 23.2 Å². The van der Waals surface area contributed by atoms with Crippen LogP contribution in [-0.2, 0) is 0 Å². The molecule has 1 aromatic rings. The van der Waals surface area contributed by atoms with Crippen LogP contribution in [0, 0.1) is 5.82 Å². The van der Waals surface area contributed by atoms with Gasteiger partial charge >= 0.3 is 0 Å². The Kier molecular flexibility index (Phi) is 6.61. The number of benzene rings is 1. The number of hydrogen-bond donors (Lipinski definition) is 1. The molecule has 6 heteroatoms. The fourth-order valence-corrected chi connectivity index (χ4v) is 2.66. The van der Waals surface area contributed by atoms with Crippen molar-refractivity contribution in [2.45, 2.75) is 12.8 Å². The molecule has 0 aromatic heterocycles. The molecule has 1 heterocycles. The second-order valence-electron chi connectivity index (χ2n) is 5.73. The first-order chi connectivity index (χ1) is 10.6. The normalized spacial score (nSPS) is 16.7. The largest absolute Gasteiger partial charge is 0.352 e. The zero-order chi connectivity index (χ0) is 15.9. The van der Waals surface area contributed by atoms with Gasteiger partial charge in [-0.25, -0.2) is 4.39 Å². The van der Waals surface area contributed by atoms with Crippen LogP contribution >= 0.6 is 11.6 Å². The lowest BCUT2D eigenvalue weighted by Crippen LogP contribution is -2.44. The lowest BCUT2D eigenvalue weighted by molar-refractivity contribution is 0.0948. The zero-order valence-electron chi connectivity index (χ0n) is 12.9. The molecule has 2 rings (SSSR count). The van der Waals surface area contributed by atoms with Gasteiger partial charge in [-0.3, -0.25) is 4.79 Å². The van der Waals surface area contributed by atoms with Gasteiger partial charge in [0, 0.05) is 37.7 Å². The van der Waals surface area contributed by atoms with Crippen molar-refractivity contribution in [1.29, 1.82) is 0 Å². The Morgan fingerprint density at radius 1 is 1.27 bits per heavy atom. The minimum Gasteiger partial charge on any atom is -0.352 e. The van der Waals surface area contributed by atoms with Crippen LogP contribution in [0.3, 0.4) is 0 Å². The summed E-state index contributed by atoms with van der Waals surface area (Å²) < 4.78 is 13.6. The van der Waals surface area contributed by atoms with Crippen molar-refractivity contribution >= 4 is 17.5 Å². The monoisotopic (exact) mass is 327 g/mol. The summed E-state index contributed by atoms with van der Waals surface area (Å²) in [6.07, 6.45) is 1.93. The van der Waals surface area contributed by atoms with Crippen molar-refractivity contribution in [3.8, 4) is 0 Å². The minimum absolute atomic E-state index is 0.0449. The molecule has 1 N–H and O–H groups in total. The average molecular weight is 328 g/mol. The maximum Gasteiger partial charge on any atom is 0.254 e. The van der Waals surface area contributed by atoms with E-state index in [2.05, 4.69) is 22.2 Å². The molecule has 122 valence electrons. The highest BCUT2D eigenvalue weighted by molar-refractivity contribution is 6.30. The molecule has 0 unspecified atom stereocenters. The molecule has 1 saturated heterocycles. The summed E-state index contributed by atoms with van der Waals surface area (Å²) >= 11 is 5.67. The maximum atomic E-state index is 13.6. The Bertz CT molecular complexity index is 504. The highest BCUT2D eigenvalue weighted by atomic mass is 35.5. The summed E-state index contributed by atoms with van der Waals surface area (Å²) in [5.74, 6) is -0.962.